The predicted octanol–water partition coefficient (Wildman–Crippen LogP) is 4.21. The number of benzene rings is 2. The van der Waals surface area contributed by atoms with Crippen LogP contribution < -0.4 is 15.1 Å². The number of nitrogens with one attached hydrogen (secondary N) is 1. The zero-order valence-corrected chi connectivity index (χ0v) is 16.8. The molecule has 0 aliphatic carbocycles. The minimum atomic E-state index is 0.455. The van der Waals surface area contributed by atoms with Gasteiger partial charge in [-0.1, -0.05) is 35.9 Å². The summed E-state index contributed by atoms with van der Waals surface area (Å²) in [6.45, 7) is 7.70. The Morgan fingerprint density at radius 2 is 1.68 bits per heavy atom. The minimum absolute atomic E-state index is 0.455. The van der Waals surface area contributed by atoms with Crippen LogP contribution in [0.25, 0.3) is 0 Å². The second-order valence-corrected chi connectivity index (χ2v) is 7.42. The van der Waals surface area contributed by atoms with Crippen LogP contribution in [0.15, 0.2) is 48.7 Å². The number of aryl methyl sites for hydroxylation is 2. The largest absolute Gasteiger partial charge is 0.368 e. The molecule has 1 aliphatic heterocycles. The lowest BCUT2D eigenvalue weighted by molar-refractivity contribution is 0.645. The van der Waals surface area contributed by atoms with Crippen LogP contribution in [0.5, 0.6) is 0 Å². The van der Waals surface area contributed by atoms with E-state index in [1.165, 1.54) is 5.69 Å². The molecule has 1 aromatic heterocycles. The molecule has 1 N–H and O–H groups in total. The zero-order valence-electron chi connectivity index (χ0n) is 16.1. The average molecular weight is 395 g/mol. The number of para-hydroxylation sites is 1. The number of halogens is 1. The highest BCUT2D eigenvalue weighted by molar-refractivity contribution is 6.33. The first-order valence-electron chi connectivity index (χ1n) is 9.38. The second-order valence-electron chi connectivity index (χ2n) is 7.01. The molecule has 28 heavy (non-hydrogen) atoms. The number of nitrogens with zero attached hydrogens (tertiary/aromatic N) is 5. The maximum Gasteiger partial charge on any atom is 0.249 e. The number of aromatic nitrogens is 3. The molecule has 1 saturated heterocycles. The van der Waals surface area contributed by atoms with Gasteiger partial charge in [0.05, 0.1) is 16.9 Å². The fourth-order valence-corrected chi connectivity index (χ4v) is 3.89. The monoisotopic (exact) mass is 394 g/mol. The molecular weight excluding hydrogens is 372 g/mol. The van der Waals surface area contributed by atoms with E-state index in [9.17, 15) is 0 Å². The average Bonchev–Trinajstić information content (AvgIpc) is 2.72. The molecule has 6 nitrogen and oxygen atoms in total. The van der Waals surface area contributed by atoms with Crippen LogP contribution in [0.2, 0.25) is 5.02 Å². The highest BCUT2D eigenvalue weighted by Crippen LogP contribution is 2.29. The van der Waals surface area contributed by atoms with Crippen molar-refractivity contribution in [1.29, 1.82) is 0 Å². The van der Waals surface area contributed by atoms with Crippen molar-refractivity contribution in [3.8, 4) is 0 Å². The van der Waals surface area contributed by atoms with Gasteiger partial charge in [-0.15, -0.1) is 5.10 Å². The van der Waals surface area contributed by atoms with E-state index in [2.05, 4.69) is 60.6 Å². The maximum absolute atomic E-state index is 6.39. The smallest absolute Gasteiger partial charge is 0.249 e. The number of anilines is 4. The molecule has 0 radical (unpaired) electrons. The van der Waals surface area contributed by atoms with Gasteiger partial charge < -0.3 is 15.1 Å². The van der Waals surface area contributed by atoms with E-state index in [0.29, 0.717) is 11.0 Å². The summed E-state index contributed by atoms with van der Waals surface area (Å²) in [4.78, 5) is 9.29. The third-order valence-electron chi connectivity index (χ3n) is 4.94. The number of piperazine rings is 1. The van der Waals surface area contributed by atoms with E-state index >= 15 is 0 Å². The summed E-state index contributed by atoms with van der Waals surface area (Å²) < 4.78 is 0. The van der Waals surface area contributed by atoms with Gasteiger partial charge in [0.2, 0.25) is 5.95 Å². The van der Waals surface area contributed by atoms with E-state index in [1.807, 2.05) is 26.0 Å². The minimum Gasteiger partial charge on any atom is -0.368 e. The summed E-state index contributed by atoms with van der Waals surface area (Å²) in [6, 6.07) is 14.5. The van der Waals surface area contributed by atoms with Gasteiger partial charge in [0.25, 0.3) is 0 Å². The van der Waals surface area contributed by atoms with Crippen LogP contribution in [0.3, 0.4) is 0 Å². The normalized spacial score (nSPS) is 14.2. The molecule has 0 bridgehead atoms. The van der Waals surface area contributed by atoms with Gasteiger partial charge in [0.15, 0.2) is 5.82 Å². The Bertz CT molecular complexity index is 931. The van der Waals surface area contributed by atoms with Crippen molar-refractivity contribution >= 4 is 34.7 Å². The lowest BCUT2D eigenvalue weighted by Gasteiger charge is -2.36. The van der Waals surface area contributed by atoms with Gasteiger partial charge in [-0.05, 0) is 43.2 Å². The van der Waals surface area contributed by atoms with Crippen molar-refractivity contribution in [2.24, 2.45) is 0 Å². The lowest BCUT2D eigenvalue weighted by atomic mass is 10.1. The fraction of sp³-hybridized carbons (Fsp3) is 0.286. The number of rotatable bonds is 4. The Morgan fingerprint density at radius 1 is 0.964 bits per heavy atom. The summed E-state index contributed by atoms with van der Waals surface area (Å²) in [7, 11) is 0. The standard InChI is InChI=1S/C21H23ClN6/c1-15-12-16(2)20(18(22)13-15)25-21-24-19(14-23-26-21)28-10-8-27(9-11-28)17-6-4-3-5-7-17/h3-7,12-14H,8-11H2,1-2H3,(H,24,25,26). The third-order valence-corrected chi connectivity index (χ3v) is 5.24. The predicted molar refractivity (Wildman–Crippen MR) is 115 cm³/mol. The Kier molecular flexibility index (Phi) is 5.30. The maximum atomic E-state index is 6.39. The van der Waals surface area contributed by atoms with E-state index in [4.69, 9.17) is 11.6 Å². The molecule has 3 aromatic rings. The van der Waals surface area contributed by atoms with Gasteiger partial charge >= 0.3 is 0 Å². The molecule has 1 fully saturated rings. The highest BCUT2D eigenvalue weighted by Gasteiger charge is 2.19. The molecule has 0 amide bonds. The molecule has 0 saturated carbocycles. The molecule has 7 heteroatoms. The highest BCUT2D eigenvalue weighted by atomic mass is 35.5. The first-order chi connectivity index (χ1) is 13.6. The summed E-state index contributed by atoms with van der Waals surface area (Å²) >= 11 is 6.39. The summed E-state index contributed by atoms with van der Waals surface area (Å²) in [5, 5.41) is 12.1. The van der Waals surface area contributed by atoms with Crippen molar-refractivity contribution in [1.82, 2.24) is 15.2 Å². The van der Waals surface area contributed by atoms with E-state index in [0.717, 1.165) is 48.8 Å². The molecule has 0 unspecified atom stereocenters. The lowest BCUT2D eigenvalue weighted by Crippen LogP contribution is -2.46. The van der Waals surface area contributed by atoms with Crippen molar-refractivity contribution in [3.63, 3.8) is 0 Å². The van der Waals surface area contributed by atoms with Gasteiger partial charge in [-0.25, -0.2) is 0 Å². The molecule has 0 spiro atoms. The molecule has 0 atom stereocenters. The van der Waals surface area contributed by atoms with Crippen molar-refractivity contribution in [3.05, 3.63) is 64.8 Å². The van der Waals surface area contributed by atoms with Gasteiger partial charge in [0.1, 0.15) is 0 Å². The summed E-state index contributed by atoms with van der Waals surface area (Å²) in [5.41, 5.74) is 4.25. The number of hydrogen-bond acceptors (Lipinski definition) is 6. The summed E-state index contributed by atoms with van der Waals surface area (Å²) in [5.74, 6) is 1.28. The first kappa shape index (κ1) is 18.5. The van der Waals surface area contributed by atoms with Crippen LogP contribution >= 0.6 is 11.6 Å². The first-order valence-corrected chi connectivity index (χ1v) is 9.76. The Labute approximate surface area is 170 Å². The molecule has 144 valence electrons. The van der Waals surface area contributed by atoms with Crippen LogP contribution in [-0.4, -0.2) is 41.4 Å². The van der Waals surface area contributed by atoms with Crippen LogP contribution in [0.4, 0.5) is 23.1 Å². The van der Waals surface area contributed by atoms with Crippen molar-refractivity contribution in [2.75, 3.05) is 41.3 Å². The number of hydrogen-bond donors (Lipinski definition) is 1. The van der Waals surface area contributed by atoms with Gasteiger partial charge in [-0.2, -0.15) is 10.1 Å². The Morgan fingerprint density at radius 3 is 2.39 bits per heavy atom. The van der Waals surface area contributed by atoms with E-state index < -0.39 is 0 Å². The third kappa shape index (κ3) is 4.02. The summed E-state index contributed by atoms with van der Waals surface area (Å²) in [6.07, 6.45) is 1.72. The molecule has 4 rings (SSSR count). The second kappa shape index (κ2) is 8.02. The van der Waals surface area contributed by atoms with Gasteiger partial charge in [0, 0.05) is 31.9 Å². The molecule has 2 heterocycles. The van der Waals surface area contributed by atoms with Crippen molar-refractivity contribution < 1.29 is 0 Å². The molecule has 1 aliphatic rings. The quantitative estimate of drug-likeness (QED) is 0.715. The van der Waals surface area contributed by atoms with Crippen LogP contribution in [0, 0.1) is 13.8 Å². The topological polar surface area (TPSA) is 57.2 Å². The Balaban J connectivity index is 1.46. The van der Waals surface area contributed by atoms with E-state index in [1.54, 1.807) is 6.20 Å². The van der Waals surface area contributed by atoms with E-state index in [-0.39, 0.29) is 0 Å². The van der Waals surface area contributed by atoms with Crippen molar-refractivity contribution in [2.45, 2.75) is 13.8 Å². The van der Waals surface area contributed by atoms with Crippen LogP contribution in [0.1, 0.15) is 11.1 Å². The van der Waals surface area contributed by atoms with Gasteiger partial charge in [-0.3, -0.25) is 0 Å². The SMILES string of the molecule is Cc1cc(C)c(Nc2nncc(N3CCN(c4ccccc4)CC3)n2)c(Cl)c1. The zero-order chi connectivity index (χ0) is 19.5. The molecule has 2 aromatic carbocycles. The molecular formula is C21H23ClN6. The van der Waals surface area contributed by atoms with Crippen LogP contribution in [-0.2, 0) is 0 Å². The Hall–Kier alpha value is -2.86. The fourth-order valence-electron chi connectivity index (χ4n) is 3.52.